The molecule has 0 unspecified atom stereocenters. The molecule has 0 heterocycles. The van der Waals surface area contributed by atoms with Crippen molar-refractivity contribution >= 4 is 11.5 Å². The van der Waals surface area contributed by atoms with Crippen molar-refractivity contribution < 1.29 is 15.0 Å². The number of aliphatic hydroxyl groups is 1. The molecule has 20 heavy (non-hydrogen) atoms. The van der Waals surface area contributed by atoms with Crippen molar-refractivity contribution in [3.05, 3.63) is 35.2 Å². The molecule has 0 amide bonds. The van der Waals surface area contributed by atoms with Gasteiger partial charge in [-0.2, -0.15) is 0 Å². The molecule has 1 aromatic carbocycles. The van der Waals surface area contributed by atoms with Gasteiger partial charge in [-0.3, -0.25) is 4.79 Å². The zero-order chi connectivity index (χ0) is 14.9. The number of hydrogen-bond donors (Lipinski definition) is 2. The van der Waals surface area contributed by atoms with E-state index in [0.29, 0.717) is 12.8 Å². The van der Waals surface area contributed by atoms with Crippen LogP contribution in [-0.2, 0) is 4.79 Å². The number of carbonyl (C=O) groups excluding carboxylic acids is 1. The molecule has 106 valence electrons. The van der Waals surface area contributed by atoms with Crippen molar-refractivity contribution in [3.8, 4) is 5.75 Å². The van der Waals surface area contributed by atoms with Gasteiger partial charge in [0.2, 0.25) is 0 Å². The number of nitrogens with zero attached hydrogens (tertiary/aromatic N) is 2. The molecule has 5 heteroatoms. The summed E-state index contributed by atoms with van der Waals surface area (Å²) in [5.41, 5.74) is 0.935. The molecule has 2 rings (SSSR count). The van der Waals surface area contributed by atoms with Gasteiger partial charge in [0.15, 0.2) is 11.5 Å². The maximum Gasteiger partial charge on any atom is 0.187 e. The number of phenols is 1. The number of benzene rings is 1. The van der Waals surface area contributed by atoms with Crippen LogP contribution in [0.3, 0.4) is 0 Å². The lowest BCUT2D eigenvalue weighted by molar-refractivity contribution is -0.118. The number of allylic oxidation sites excluding steroid dienone is 2. The fourth-order valence-corrected chi connectivity index (χ4v) is 2.21. The first-order valence-electron chi connectivity index (χ1n) is 6.45. The van der Waals surface area contributed by atoms with E-state index in [0.717, 1.165) is 5.56 Å². The molecule has 0 radical (unpaired) electrons. The summed E-state index contributed by atoms with van der Waals surface area (Å²) >= 11 is 0. The smallest absolute Gasteiger partial charge is 0.187 e. The fourth-order valence-electron chi connectivity index (χ4n) is 2.21. The quantitative estimate of drug-likeness (QED) is 0.801. The highest BCUT2D eigenvalue weighted by atomic mass is 16.3. The van der Waals surface area contributed by atoms with Crippen molar-refractivity contribution in [2.24, 2.45) is 15.6 Å². The van der Waals surface area contributed by atoms with Crippen molar-refractivity contribution in [3.63, 3.8) is 0 Å². The Labute approximate surface area is 117 Å². The standard InChI is InChI=1S/C15H18N2O3/c1-9-4-5-11(18)10(6-9)16-17-14-12(19)7-15(2,3)8-13(14)20/h4-6,18-19H,7-8H2,1-3H3. The van der Waals surface area contributed by atoms with Gasteiger partial charge in [-0.15, -0.1) is 10.2 Å². The molecule has 0 atom stereocenters. The van der Waals surface area contributed by atoms with Gasteiger partial charge in [0.1, 0.15) is 17.2 Å². The van der Waals surface area contributed by atoms with Crippen LogP contribution in [0.25, 0.3) is 0 Å². The van der Waals surface area contributed by atoms with E-state index < -0.39 is 0 Å². The summed E-state index contributed by atoms with van der Waals surface area (Å²) in [6.45, 7) is 5.70. The van der Waals surface area contributed by atoms with Gasteiger partial charge >= 0.3 is 0 Å². The van der Waals surface area contributed by atoms with Crippen molar-refractivity contribution in [1.29, 1.82) is 0 Å². The van der Waals surface area contributed by atoms with E-state index in [1.807, 2.05) is 20.8 Å². The molecular weight excluding hydrogens is 256 g/mol. The molecule has 0 bridgehead atoms. The summed E-state index contributed by atoms with van der Waals surface area (Å²) in [6.07, 6.45) is 0.720. The average molecular weight is 274 g/mol. The number of Topliss-reactive ketones (excluding diaryl/α,β-unsaturated/α-hetero) is 1. The van der Waals surface area contributed by atoms with Gasteiger partial charge in [-0.05, 0) is 30.0 Å². The van der Waals surface area contributed by atoms with Crippen LogP contribution in [0.15, 0.2) is 39.9 Å². The molecule has 1 aliphatic carbocycles. The molecule has 0 fully saturated rings. The van der Waals surface area contributed by atoms with Crippen molar-refractivity contribution in [1.82, 2.24) is 0 Å². The fraction of sp³-hybridized carbons (Fsp3) is 0.400. The monoisotopic (exact) mass is 274 g/mol. The third kappa shape index (κ3) is 3.04. The zero-order valence-corrected chi connectivity index (χ0v) is 11.8. The SMILES string of the molecule is Cc1ccc(O)c(N=NC2=C(O)CC(C)(C)CC2=O)c1. The van der Waals surface area contributed by atoms with Gasteiger partial charge in [-0.1, -0.05) is 19.9 Å². The topological polar surface area (TPSA) is 82.2 Å². The first-order valence-corrected chi connectivity index (χ1v) is 6.45. The van der Waals surface area contributed by atoms with Crippen LogP contribution >= 0.6 is 0 Å². The van der Waals surface area contributed by atoms with Crippen LogP contribution in [0.5, 0.6) is 5.75 Å². The van der Waals surface area contributed by atoms with Gasteiger partial charge in [0.05, 0.1) is 0 Å². The van der Waals surface area contributed by atoms with Gasteiger partial charge in [0, 0.05) is 12.8 Å². The second-order valence-corrected chi connectivity index (χ2v) is 5.93. The first kappa shape index (κ1) is 14.2. The van der Waals surface area contributed by atoms with Crippen molar-refractivity contribution in [2.45, 2.75) is 33.6 Å². The van der Waals surface area contributed by atoms with Gasteiger partial charge in [0.25, 0.3) is 0 Å². The molecule has 0 spiro atoms. The van der Waals surface area contributed by atoms with Crippen LogP contribution in [0.4, 0.5) is 5.69 Å². The lowest BCUT2D eigenvalue weighted by Crippen LogP contribution is -2.25. The number of aliphatic hydroxyl groups excluding tert-OH is 1. The molecule has 1 aliphatic rings. The molecule has 5 nitrogen and oxygen atoms in total. The molecular formula is C15H18N2O3. The van der Waals surface area contributed by atoms with Crippen LogP contribution in [-0.4, -0.2) is 16.0 Å². The number of carbonyl (C=O) groups is 1. The maximum atomic E-state index is 12.0. The predicted octanol–water partition coefficient (Wildman–Crippen LogP) is 3.94. The van der Waals surface area contributed by atoms with E-state index in [1.54, 1.807) is 12.1 Å². The van der Waals surface area contributed by atoms with E-state index in [1.165, 1.54) is 6.07 Å². The summed E-state index contributed by atoms with van der Waals surface area (Å²) in [7, 11) is 0. The second kappa shape index (κ2) is 5.07. The number of ketones is 1. The molecule has 0 saturated heterocycles. The largest absolute Gasteiger partial charge is 0.510 e. The average Bonchev–Trinajstić information content (AvgIpc) is 2.30. The number of rotatable bonds is 2. The summed E-state index contributed by atoms with van der Waals surface area (Å²) < 4.78 is 0. The minimum absolute atomic E-state index is 0.00905. The zero-order valence-electron chi connectivity index (χ0n) is 11.8. The Bertz CT molecular complexity index is 616. The molecule has 2 N–H and O–H groups in total. The van der Waals surface area contributed by atoms with Crippen molar-refractivity contribution in [2.75, 3.05) is 0 Å². The molecule has 1 aromatic rings. The third-order valence-electron chi connectivity index (χ3n) is 3.21. The maximum absolute atomic E-state index is 12.0. The van der Waals surface area contributed by atoms with E-state index in [2.05, 4.69) is 10.2 Å². The lowest BCUT2D eigenvalue weighted by Gasteiger charge is -2.27. The molecule has 0 aliphatic heterocycles. The minimum atomic E-state index is -0.258. The first-order chi connectivity index (χ1) is 9.28. The van der Waals surface area contributed by atoms with Crippen LogP contribution in [0.2, 0.25) is 0 Å². The number of aryl methyl sites for hydroxylation is 1. The normalized spacial score (nSPS) is 18.9. The Hall–Kier alpha value is -2.17. The number of phenolic OH excluding ortho intramolecular Hbond substituents is 1. The number of azo groups is 1. The Kier molecular flexibility index (Phi) is 3.61. The van der Waals surface area contributed by atoms with Crippen LogP contribution in [0, 0.1) is 12.3 Å². The molecule has 0 aromatic heterocycles. The molecule has 0 saturated carbocycles. The summed E-state index contributed by atoms with van der Waals surface area (Å²) in [6, 6.07) is 4.93. The Morgan fingerprint density at radius 1 is 1.15 bits per heavy atom. The number of hydrogen-bond acceptors (Lipinski definition) is 5. The van der Waals surface area contributed by atoms with Gasteiger partial charge in [-0.25, -0.2) is 0 Å². The predicted molar refractivity (Wildman–Crippen MR) is 75.0 cm³/mol. The summed E-state index contributed by atoms with van der Waals surface area (Å²) in [4.78, 5) is 12.0. The number of aromatic hydroxyl groups is 1. The minimum Gasteiger partial charge on any atom is -0.510 e. The van der Waals surface area contributed by atoms with E-state index >= 15 is 0 Å². The second-order valence-electron chi connectivity index (χ2n) is 5.93. The highest BCUT2D eigenvalue weighted by Gasteiger charge is 2.33. The van der Waals surface area contributed by atoms with Gasteiger partial charge < -0.3 is 10.2 Å². The summed E-state index contributed by atoms with van der Waals surface area (Å²) in [5.74, 6) is -0.278. The van der Waals surface area contributed by atoms with E-state index in [-0.39, 0.29) is 34.1 Å². The van der Waals surface area contributed by atoms with E-state index in [9.17, 15) is 15.0 Å². The Balaban J connectivity index is 2.31. The van der Waals surface area contributed by atoms with Crippen LogP contribution in [0.1, 0.15) is 32.3 Å². The summed E-state index contributed by atoms with van der Waals surface area (Å²) in [5, 5.41) is 27.3. The highest BCUT2D eigenvalue weighted by Crippen LogP contribution is 2.37. The lowest BCUT2D eigenvalue weighted by atomic mass is 9.78. The third-order valence-corrected chi connectivity index (χ3v) is 3.21. The Morgan fingerprint density at radius 2 is 1.85 bits per heavy atom. The van der Waals surface area contributed by atoms with E-state index in [4.69, 9.17) is 0 Å². The van der Waals surface area contributed by atoms with Crippen LogP contribution < -0.4 is 0 Å². The highest BCUT2D eigenvalue weighted by molar-refractivity contribution is 5.96. The Morgan fingerprint density at radius 3 is 2.50 bits per heavy atom.